The standard InChI is InChI=1S/C18H22BrNO4/c1-13(2)22-11-5-10-20-18(21)17-9-8-14(24-17)12-23-16-7-4-3-6-15(16)19/h3-4,6-9,13H,5,10-12H2,1-2H3,(H,20,21). The third-order valence-electron chi connectivity index (χ3n) is 3.15. The molecule has 0 fully saturated rings. The zero-order chi connectivity index (χ0) is 17.4. The number of hydrogen-bond acceptors (Lipinski definition) is 4. The second kappa shape index (κ2) is 9.49. The van der Waals surface area contributed by atoms with Gasteiger partial charge in [0.2, 0.25) is 0 Å². The van der Waals surface area contributed by atoms with E-state index in [-0.39, 0.29) is 24.4 Å². The minimum absolute atomic E-state index is 0.206. The molecule has 1 N–H and O–H groups in total. The van der Waals surface area contributed by atoms with Crippen LogP contribution in [0.5, 0.6) is 5.75 Å². The Labute approximate surface area is 150 Å². The van der Waals surface area contributed by atoms with E-state index in [1.807, 2.05) is 38.1 Å². The van der Waals surface area contributed by atoms with Gasteiger partial charge in [0.25, 0.3) is 5.91 Å². The van der Waals surface area contributed by atoms with Gasteiger partial charge in [-0.2, -0.15) is 0 Å². The summed E-state index contributed by atoms with van der Waals surface area (Å²) < 4.78 is 17.5. The van der Waals surface area contributed by atoms with Crippen molar-refractivity contribution in [2.75, 3.05) is 13.2 Å². The molecule has 6 heteroatoms. The molecule has 24 heavy (non-hydrogen) atoms. The average Bonchev–Trinajstić information content (AvgIpc) is 3.02. The van der Waals surface area contributed by atoms with Crippen LogP contribution in [0.1, 0.15) is 36.6 Å². The highest BCUT2D eigenvalue weighted by Crippen LogP contribution is 2.24. The molecule has 0 radical (unpaired) electrons. The Bertz CT molecular complexity index is 654. The number of furan rings is 1. The molecule has 0 saturated carbocycles. The smallest absolute Gasteiger partial charge is 0.286 e. The van der Waals surface area contributed by atoms with Gasteiger partial charge < -0.3 is 19.2 Å². The first kappa shape index (κ1) is 18.5. The molecule has 1 aromatic heterocycles. The molecule has 5 nitrogen and oxygen atoms in total. The van der Waals surface area contributed by atoms with Gasteiger partial charge in [-0.15, -0.1) is 0 Å². The van der Waals surface area contributed by atoms with E-state index in [1.165, 1.54) is 0 Å². The van der Waals surface area contributed by atoms with E-state index < -0.39 is 0 Å². The molecule has 1 aromatic carbocycles. The first-order chi connectivity index (χ1) is 11.6. The van der Waals surface area contributed by atoms with Crippen LogP contribution in [0.15, 0.2) is 45.3 Å². The number of benzene rings is 1. The highest BCUT2D eigenvalue weighted by molar-refractivity contribution is 9.10. The average molecular weight is 396 g/mol. The van der Waals surface area contributed by atoms with E-state index >= 15 is 0 Å². The number of para-hydroxylation sites is 1. The molecule has 0 bridgehead atoms. The first-order valence-corrected chi connectivity index (χ1v) is 8.71. The third-order valence-corrected chi connectivity index (χ3v) is 3.81. The molecule has 2 aromatic rings. The van der Waals surface area contributed by atoms with Gasteiger partial charge >= 0.3 is 0 Å². The number of ether oxygens (including phenoxy) is 2. The Morgan fingerprint density at radius 3 is 2.79 bits per heavy atom. The van der Waals surface area contributed by atoms with E-state index in [4.69, 9.17) is 13.9 Å². The zero-order valence-corrected chi connectivity index (χ0v) is 15.5. The van der Waals surface area contributed by atoms with Crippen LogP contribution >= 0.6 is 15.9 Å². The fraction of sp³-hybridized carbons (Fsp3) is 0.389. The number of amides is 1. The summed E-state index contributed by atoms with van der Waals surface area (Å²) in [5.41, 5.74) is 0. The highest BCUT2D eigenvalue weighted by atomic mass is 79.9. The molecule has 2 rings (SSSR count). The molecule has 0 spiro atoms. The summed E-state index contributed by atoms with van der Waals surface area (Å²) in [4.78, 5) is 12.0. The molecule has 1 heterocycles. The summed E-state index contributed by atoms with van der Waals surface area (Å²) in [6, 6.07) is 11.0. The number of carbonyl (C=O) groups is 1. The molecule has 0 aliphatic carbocycles. The van der Waals surface area contributed by atoms with Crippen LogP contribution in [0.2, 0.25) is 0 Å². The molecule has 0 atom stereocenters. The van der Waals surface area contributed by atoms with Crippen molar-refractivity contribution >= 4 is 21.8 Å². The minimum Gasteiger partial charge on any atom is -0.484 e. The van der Waals surface area contributed by atoms with Gasteiger partial charge in [-0.3, -0.25) is 4.79 Å². The van der Waals surface area contributed by atoms with Gasteiger partial charge in [0.1, 0.15) is 18.1 Å². The van der Waals surface area contributed by atoms with Crippen molar-refractivity contribution in [1.82, 2.24) is 5.32 Å². The summed E-state index contributed by atoms with van der Waals surface area (Å²) in [7, 11) is 0. The minimum atomic E-state index is -0.230. The molecule has 0 aliphatic rings. The number of hydrogen-bond donors (Lipinski definition) is 1. The van der Waals surface area contributed by atoms with Crippen molar-refractivity contribution in [1.29, 1.82) is 0 Å². The van der Waals surface area contributed by atoms with Gasteiger partial charge in [0.05, 0.1) is 10.6 Å². The van der Waals surface area contributed by atoms with Crippen LogP contribution in [0.25, 0.3) is 0 Å². The van der Waals surface area contributed by atoms with Gasteiger partial charge in [0.15, 0.2) is 5.76 Å². The molecular weight excluding hydrogens is 374 g/mol. The molecular formula is C18H22BrNO4. The fourth-order valence-corrected chi connectivity index (χ4v) is 2.37. The normalized spacial score (nSPS) is 10.8. The summed E-state index contributed by atoms with van der Waals surface area (Å²) in [5.74, 6) is 1.38. The number of halogens is 1. The maximum absolute atomic E-state index is 12.0. The lowest BCUT2D eigenvalue weighted by atomic mass is 10.3. The predicted molar refractivity (Wildman–Crippen MR) is 95.2 cm³/mol. The summed E-state index contributed by atoms with van der Waals surface area (Å²) >= 11 is 3.42. The lowest BCUT2D eigenvalue weighted by Crippen LogP contribution is -2.25. The largest absolute Gasteiger partial charge is 0.484 e. The van der Waals surface area contributed by atoms with Crippen LogP contribution in [-0.4, -0.2) is 25.2 Å². The second-order valence-corrected chi connectivity index (χ2v) is 6.37. The maximum Gasteiger partial charge on any atom is 0.286 e. The zero-order valence-electron chi connectivity index (χ0n) is 13.9. The van der Waals surface area contributed by atoms with Crippen LogP contribution in [-0.2, 0) is 11.3 Å². The summed E-state index contributed by atoms with van der Waals surface area (Å²) in [5, 5.41) is 2.81. The Morgan fingerprint density at radius 1 is 1.25 bits per heavy atom. The van der Waals surface area contributed by atoms with Crippen LogP contribution in [0.4, 0.5) is 0 Å². The quantitative estimate of drug-likeness (QED) is 0.647. The number of nitrogens with one attached hydrogen (secondary N) is 1. The summed E-state index contributed by atoms with van der Waals surface area (Å²) in [6.07, 6.45) is 0.973. The molecule has 0 unspecified atom stereocenters. The topological polar surface area (TPSA) is 60.7 Å². The molecule has 1 amide bonds. The Balaban J connectivity index is 1.76. The van der Waals surface area contributed by atoms with E-state index in [0.717, 1.165) is 16.6 Å². The predicted octanol–water partition coefficient (Wildman–Crippen LogP) is 4.17. The van der Waals surface area contributed by atoms with Crippen molar-refractivity contribution in [3.8, 4) is 5.75 Å². The first-order valence-electron chi connectivity index (χ1n) is 7.92. The Morgan fingerprint density at radius 2 is 2.04 bits per heavy atom. The van der Waals surface area contributed by atoms with Gasteiger partial charge in [0, 0.05) is 13.2 Å². The van der Waals surface area contributed by atoms with Crippen molar-refractivity contribution in [3.63, 3.8) is 0 Å². The highest BCUT2D eigenvalue weighted by Gasteiger charge is 2.11. The summed E-state index contributed by atoms with van der Waals surface area (Å²) in [6.45, 7) is 5.41. The lowest BCUT2D eigenvalue weighted by molar-refractivity contribution is 0.0753. The van der Waals surface area contributed by atoms with E-state index in [0.29, 0.717) is 18.9 Å². The molecule has 0 saturated heterocycles. The molecule has 130 valence electrons. The SMILES string of the molecule is CC(C)OCCCNC(=O)c1ccc(COc2ccccc2Br)o1. The number of rotatable bonds is 9. The lowest BCUT2D eigenvalue weighted by Gasteiger charge is -2.07. The Hall–Kier alpha value is -1.79. The van der Waals surface area contributed by atoms with Gasteiger partial charge in [-0.05, 0) is 60.5 Å². The Kier molecular flexibility index (Phi) is 7.34. The van der Waals surface area contributed by atoms with Crippen molar-refractivity contribution in [2.45, 2.75) is 33.0 Å². The second-order valence-electron chi connectivity index (χ2n) is 5.51. The monoisotopic (exact) mass is 395 g/mol. The van der Waals surface area contributed by atoms with E-state index in [9.17, 15) is 4.79 Å². The van der Waals surface area contributed by atoms with Crippen LogP contribution < -0.4 is 10.1 Å². The number of carbonyl (C=O) groups excluding carboxylic acids is 1. The van der Waals surface area contributed by atoms with Gasteiger partial charge in [-0.1, -0.05) is 12.1 Å². The third kappa shape index (κ3) is 6.02. The maximum atomic E-state index is 12.0. The fourth-order valence-electron chi connectivity index (χ4n) is 1.97. The van der Waals surface area contributed by atoms with E-state index in [2.05, 4.69) is 21.2 Å². The molecule has 0 aliphatic heterocycles. The van der Waals surface area contributed by atoms with Crippen LogP contribution in [0.3, 0.4) is 0 Å². The van der Waals surface area contributed by atoms with Crippen molar-refractivity contribution in [3.05, 3.63) is 52.4 Å². The van der Waals surface area contributed by atoms with E-state index in [1.54, 1.807) is 12.1 Å². The van der Waals surface area contributed by atoms with Crippen LogP contribution in [0, 0.1) is 0 Å². The van der Waals surface area contributed by atoms with Crippen molar-refractivity contribution < 1.29 is 18.7 Å². The van der Waals surface area contributed by atoms with Crippen molar-refractivity contribution in [2.24, 2.45) is 0 Å². The van der Waals surface area contributed by atoms with Gasteiger partial charge in [-0.25, -0.2) is 0 Å².